The summed E-state index contributed by atoms with van der Waals surface area (Å²) in [7, 11) is 12.3. The number of aliphatic hydroxyl groups excluding tert-OH is 1. The van der Waals surface area contributed by atoms with Crippen molar-refractivity contribution in [2.24, 2.45) is 0 Å². The van der Waals surface area contributed by atoms with Crippen molar-refractivity contribution < 1.29 is 55.4 Å². The predicted octanol–water partition coefficient (Wildman–Crippen LogP) is -3.09. The number of halogens is 1. The van der Waals surface area contributed by atoms with Crippen LogP contribution in [0.2, 0.25) is 0 Å². The van der Waals surface area contributed by atoms with Gasteiger partial charge in [0.1, 0.15) is 26.3 Å². The van der Waals surface area contributed by atoms with Gasteiger partial charge in [-0.05, 0) is 18.4 Å². The lowest BCUT2D eigenvalue weighted by Gasteiger charge is -2.23. The number of likely N-dealkylation sites (N-methyl/N-ethyl adjacent to an activating group) is 2. The average Bonchev–Trinajstić information content (AvgIpc) is 2.64. The quantitative estimate of drug-likeness (QED) is 0.179. The number of carbonyl (C=O) groups is 3. The molecule has 0 aliphatic rings. The van der Waals surface area contributed by atoms with Gasteiger partial charge in [0.15, 0.2) is 0 Å². The van der Waals surface area contributed by atoms with E-state index in [-0.39, 0.29) is 36.5 Å². The van der Waals surface area contributed by atoms with Gasteiger partial charge >= 0.3 is 11.9 Å². The minimum Gasteiger partial charge on any atom is -1.00 e. The minimum absolute atomic E-state index is 0. The second kappa shape index (κ2) is 20.7. The largest absolute Gasteiger partial charge is 1.00 e. The Hall–Kier alpha value is -2.20. The summed E-state index contributed by atoms with van der Waals surface area (Å²) < 4.78 is 11.2. The van der Waals surface area contributed by atoms with Crippen molar-refractivity contribution in [1.29, 1.82) is 0 Å². The molecule has 0 aliphatic carbocycles. The fourth-order valence-corrected chi connectivity index (χ4v) is 1.35. The van der Waals surface area contributed by atoms with Crippen LogP contribution >= 0.6 is 0 Å². The maximum Gasteiger partial charge on any atom is 0.330 e. The first-order valence-corrected chi connectivity index (χ1v) is 9.79. The normalized spacial score (nSPS) is 9.97. The van der Waals surface area contributed by atoms with E-state index in [1.54, 1.807) is 0 Å². The molecule has 188 valence electrons. The average molecular weight is 481 g/mol. The summed E-state index contributed by atoms with van der Waals surface area (Å²) in [5.41, 5.74) is 0.0454. The maximum atomic E-state index is 10.6. The molecule has 0 amide bonds. The number of quaternary nitrogens is 2. The third kappa shape index (κ3) is 35.3. The Bertz CT molecular complexity index is 544. The maximum absolute atomic E-state index is 10.6. The van der Waals surface area contributed by atoms with E-state index in [9.17, 15) is 19.5 Å². The number of nitrogens with zero attached hydrogens (tertiary/aromatic N) is 2. The molecule has 9 nitrogen and oxygen atoms in total. The molecule has 0 aromatic heterocycles. The van der Waals surface area contributed by atoms with Gasteiger partial charge in [0.25, 0.3) is 0 Å². The number of carboxylic acids is 1. The van der Waals surface area contributed by atoms with Crippen molar-refractivity contribution >= 4 is 17.9 Å². The topological polar surface area (TPSA) is 113 Å². The van der Waals surface area contributed by atoms with E-state index in [0.29, 0.717) is 26.1 Å². The van der Waals surface area contributed by atoms with Crippen LogP contribution in [0.3, 0.4) is 0 Å². The summed E-state index contributed by atoms with van der Waals surface area (Å²) in [5, 5.41) is 18.2. The lowest BCUT2D eigenvalue weighted by molar-refractivity contribution is -0.870. The summed E-state index contributed by atoms with van der Waals surface area (Å²) in [4.78, 5) is 31.0. The van der Waals surface area contributed by atoms with Crippen LogP contribution in [0.4, 0.5) is 0 Å². The van der Waals surface area contributed by atoms with Crippen molar-refractivity contribution in [1.82, 2.24) is 0 Å². The van der Waals surface area contributed by atoms with Crippen LogP contribution < -0.4 is 17.5 Å². The van der Waals surface area contributed by atoms with Gasteiger partial charge in [-0.15, -0.1) is 0 Å². The highest BCUT2D eigenvalue weighted by Crippen LogP contribution is 1.98. The van der Waals surface area contributed by atoms with Gasteiger partial charge in [0.05, 0.1) is 48.3 Å². The highest BCUT2D eigenvalue weighted by atomic mass is 35.5. The van der Waals surface area contributed by atoms with Crippen LogP contribution in [-0.2, 0) is 23.9 Å². The molecule has 0 unspecified atom stereocenters. The number of aliphatic carboxylic acids is 1. The molecule has 0 aromatic carbocycles. The van der Waals surface area contributed by atoms with Crippen LogP contribution in [0.15, 0.2) is 37.5 Å². The number of rotatable bonds is 12. The molecule has 32 heavy (non-hydrogen) atoms. The SMILES string of the molecule is C=C(CCCO)C(=O)[O-].C=CC(=O)OCC[N+](C)(C)C.C=CC(=O)OCC[N+](C)(C)C.[Cl-]. The van der Waals surface area contributed by atoms with E-state index in [0.717, 1.165) is 22.1 Å². The smallest absolute Gasteiger partial charge is 0.330 e. The molecular formula is C22H41ClN2O7. The Kier molecular flexibility index (Phi) is 24.0. The van der Waals surface area contributed by atoms with Gasteiger partial charge < -0.3 is 45.9 Å². The number of hydrogen-bond acceptors (Lipinski definition) is 7. The molecule has 0 bridgehead atoms. The Morgan fingerprint density at radius 3 is 1.44 bits per heavy atom. The fourth-order valence-electron chi connectivity index (χ4n) is 1.35. The molecular weight excluding hydrogens is 440 g/mol. The summed E-state index contributed by atoms with van der Waals surface area (Å²) in [5.74, 6) is -1.93. The molecule has 0 saturated heterocycles. The molecule has 0 spiro atoms. The number of carboxylic acid groups (broad SMARTS) is 1. The summed E-state index contributed by atoms with van der Waals surface area (Å²) in [6.07, 6.45) is 3.09. The highest BCUT2D eigenvalue weighted by Gasteiger charge is 2.07. The molecule has 0 aromatic rings. The van der Waals surface area contributed by atoms with E-state index < -0.39 is 5.97 Å². The van der Waals surface area contributed by atoms with E-state index in [4.69, 9.17) is 14.6 Å². The first kappa shape index (κ1) is 37.1. The lowest BCUT2D eigenvalue weighted by atomic mass is 10.2. The molecule has 0 heterocycles. The van der Waals surface area contributed by atoms with Crippen LogP contribution in [0.25, 0.3) is 0 Å². The Morgan fingerprint density at radius 1 is 0.875 bits per heavy atom. The number of aliphatic hydroxyl groups is 1. The van der Waals surface area contributed by atoms with Crippen LogP contribution in [0.5, 0.6) is 0 Å². The molecule has 0 rings (SSSR count). The van der Waals surface area contributed by atoms with E-state index in [2.05, 4.69) is 19.7 Å². The third-order valence-corrected chi connectivity index (χ3v) is 3.27. The zero-order valence-corrected chi connectivity index (χ0v) is 21.2. The number of carbonyl (C=O) groups excluding carboxylic acids is 3. The van der Waals surface area contributed by atoms with Crippen molar-refractivity contribution in [2.45, 2.75) is 12.8 Å². The standard InChI is InChI=1S/2C8H16NO2.C6H10O3.ClH/c2*1-5-8(10)11-7-6-9(2,3)4;1-5(6(8)9)3-2-4-7;/h2*5H,1,6-7H2,2-4H3;7H,1-4H2,(H,8,9);1H/q2*+1;;/p-2. The molecule has 0 saturated carbocycles. The minimum atomic E-state index is -1.23. The second-order valence-electron chi connectivity index (χ2n) is 8.49. The monoisotopic (exact) mass is 480 g/mol. The molecule has 0 aliphatic heterocycles. The summed E-state index contributed by atoms with van der Waals surface area (Å²) in [6.45, 7) is 12.3. The predicted molar refractivity (Wildman–Crippen MR) is 119 cm³/mol. The number of ether oxygens (including phenoxy) is 2. The van der Waals surface area contributed by atoms with E-state index in [1.807, 2.05) is 42.3 Å². The summed E-state index contributed by atoms with van der Waals surface area (Å²) in [6, 6.07) is 0. The van der Waals surface area contributed by atoms with E-state index in [1.165, 1.54) is 12.2 Å². The molecule has 0 atom stereocenters. The Labute approximate surface area is 199 Å². The van der Waals surface area contributed by atoms with Gasteiger partial charge in [-0.3, -0.25) is 0 Å². The van der Waals surface area contributed by atoms with E-state index >= 15 is 0 Å². The van der Waals surface area contributed by atoms with Crippen molar-refractivity contribution in [3.63, 3.8) is 0 Å². The fraction of sp³-hybridized carbons (Fsp3) is 0.591. The first-order valence-electron chi connectivity index (χ1n) is 9.79. The highest BCUT2D eigenvalue weighted by molar-refractivity contribution is 5.83. The van der Waals surface area contributed by atoms with Crippen LogP contribution in [0, 0.1) is 0 Å². The third-order valence-electron chi connectivity index (χ3n) is 3.27. The molecule has 0 radical (unpaired) electrons. The molecule has 1 N–H and O–H groups in total. The molecule has 0 fully saturated rings. The van der Waals surface area contributed by atoms with Gasteiger partial charge in [-0.25, -0.2) is 9.59 Å². The lowest BCUT2D eigenvalue weighted by Crippen LogP contribution is -3.00. The Morgan fingerprint density at radius 2 is 1.22 bits per heavy atom. The van der Waals surface area contributed by atoms with Gasteiger partial charge in [0.2, 0.25) is 0 Å². The summed E-state index contributed by atoms with van der Waals surface area (Å²) >= 11 is 0. The van der Waals surface area contributed by atoms with Crippen LogP contribution in [0.1, 0.15) is 12.8 Å². The Balaban J connectivity index is -0.000000182. The van der Waals surface area contributed by atoms with Crippen molar-refractivity contribution in [3.8, 4) is 0 Å². The van der Waals surface area contributed by atoms with Gasteiger partial charge in [-0.2, -0.15) is 0 Å². The zero-order chi connectivity index (χ0) is 25.1. The first-order chi connectivity index (χ1) is 14.1. The second-order valence-corrected chi connectivity index (χ2v) is 8.49. The molecule has 10 heteroatoms. The number of esters is 2. The van der Waals surface area contributed by atoms with Crippen LogP contribution in [-0.4, -0.2) is 107 Å². The van der Waals surface area contributed by atoms with Crippen molar-refractivity contribution in [2.75, 3.05) is 75.2 Å². The van der Waals surface area contributed by atoms with Gasteiger partial charge in [0, 0.05) is 18.8 Å². The van der Waals surface area contributed by atoms with Gasteiger partial charge in [-0.1, -0.05) is 19.7 Å². The van der Waals surface area contributed by atoms with Crippen molar-refractivity contribution in [3.05, 3.63) is 37.5 Å². The zero-order valence-electron chi connectivity index (χ0n) is 20.4. The number of hydrogen-bond donors (Lipinski definition) is 1.